The van der Waals surface area contributed by atoms with E-state index in [2.05, 4.69) is 5.32 Å². The minimum Gasteiger partial charge on any atom is -0.484 e. The number of carbonyl (C=O) groups excluding carboxylic acids is 1. The summed E-state index contributed by atoms with van der Waals surface area (Å²) < 4.78 is 5.48. The van der Waals surface area contributed by atoms with E-state index < -0.39 is 17.4 Å². The number of aliphatic carboxylic acids is 1. The third kappa shape index (κ3) is 3.80. The van der Waals surface area contributed by atoms with Gasteiger partial charge in [0, 0.05) is 0 Å². The Morgan fingerprint density at radius 1 is 1.17 bits per heavy atom. The van der Waals surface area contributed by atoms with Gasteiger partial charge in [0.15, 0.2) is 6.61 Å². The lowest BCUT2D eigenvalue weighted by atomic mass is 9.88. The number of carbonyl (C=O) groups is 2. The largest absolute Gasteiger partial charge is 0.484 e. The fourth-order valence-electron chi connectivity index (χ4n) is 2.18. The zero-order valence-electron chi connectivity index (χ0n) is 13.5. The fraction of sp³-hybridized carbons (Fsp3) is 0.333. The van der Waals surface area contributed by atoms with Crippen molar-refractivity contribution in [2.24, 2.45) is 5.92 Å². The molecule has 2 rings (SSSR count). The molecule has 5 nitrogen and oxygen atoms in total. The number of amides is 1. The Balaban J connectivity index is 2.01. The number of carboxylic acids is 1. The van der Waals surface area contributed by atoms with Crippen LogP contribution in [0.2, 0.25) is 0 Å². The van der Waals surface area contributed by atoms with Gasteiger partial charge < -0.3 is 15.2 Å². The quantitative estimate of drug-likeness (QED) is 0.859. The molecule has 1 unspecified atom stereocenters. The van der Waals surface area contributed by atoms with Crippen LogP contribution in [0.1, 0.15) is 20.8 Å². The number of carboxylic acid groups (broad SMARTS) is 1. The third-order valence-corrected chi connectivity index (χ3v) is 4.09. The van der Waals surface area contributed by atoms with Crippen LogP contribution in [0.5, 0.6) is 5.75 Å². The zero-order valence-corrected chi connectivity index (χ0v) is 13.5. The third-order valence-electron chi connectivity index (χ3n) is 4.09. The average Bonchev–Trinajstić information content (AvgIpc) is 2.52. The van der Waals surface area contributed by atoms with Gasteiger partial charge in [-0.3, -0.25) is 4.79 Å². The van der Waals surface area contributed by atoms with Crippen molar-refractivity contribution in [3.05, 3.63) is 42.5 Å². The van der Waals surface area contributed by atoms with Gasteiger partial charge in [-0.15, -0.1) is 0 Å². The molecule has 0 saturated carbocycles. The molecule has 5 heteroatoms. The van der Waals surface area contributed by atoms with Crippen LogP contribution < -0.4 is 10.1 Å². The Kier molecular flexibility index (Phi) is 4.89. The van der Waals surface area contributed by atoms with E-state index in [4.69, 9.17) is 4.74 Å². The Labute approximate surface area is 135 Å². The van der Waals surface area contributed by atoms with Gasteiger partial charge in [-0.25, -0.2) is 4.79 Å². The standard InChI is InChI=1S/C18H21NO4/c1-12(2)18(3,17(21)22)19-16(20)11-23-15-9-8-13-6-4-5-7-14(13)10-15/h4-10,12H,11H2,1-3H3,(H,19,20)(H,21,22). The molecule has 0 aromatic heterocycles. The molecular weight excluding hydrogens is 294 g/mol. The molecule has 1 atom stereocenters. The summed E-state index contributed by atoms with van der Waals surface area (Å²) in [4.78, 5) is 23.4. The first-order chi connectivity index (χ1) is 10.8. The van der Waals surface area contributed by atoms with E-state index in [1.54, 1.807) is 19.9 Å². The Morgan fingerprint density at radius 3 is 2.43 bits per heavy atom. The molecule has 1 amide bonds. The fourth-order valence-corrected chi connectivity index (χ4v) is 2.18. The Hall–Kier alpha value is -2.56. The second-order valence-corrected chi connectivity index (χ2v) is 6.01. The summed E-state index contributed by atoms with van der Waals surface area (Å²) in [5, 5.41) is 13.9. The number of rotatable bonds is 6. The van der Waals surface area contributed by atoms with Crippen LogP contribution in [-0.4, -0.2) is 29.1 Å². The predicted molar refractivity (Wildman–Crippen MR) is 88.5 cm³/mol. The second kappa shape index (κ2) is 6.69. The summed E-state index contributed by atoms with van der Waals surface area (Å²) in [5.41, 5.74) is -1.32. The zero-order chi connectivity index (χ0) is 17.0. The maximum Gasteiger partial charge on any atom is 0.329 e. The molecule has 0 bridgehead atoms. The highest BCUT2D eigenvalue weighted by Gasteiger charge is 2.38. The van der Waals surface area contributed by atoms with E-state index >= 15 is 0 Å². The van der Waals surface area contributed by atoms with E-state index in [0.717, 1.165) is 10.8 Å². The number of hydrogen-bond donors (Lipinski definition) is 2. The first-order valence-electron chi connectivity index (χ1n) is 7.49. The summed E-state index contributed by atoms with van der Waals surface area (Å²) in [6.45, 7) is 4.76. The van der Waals surface area contributed by atoms with Gasteiger partial charge >= 0.3 is 5.97 Å². The van der Waals surface area contributed by atoms with Gasteiger partial charge in [0.05, 0.1) is 0 Å². The summed E-state index contributed by atoms with van der Waals surface area (Å²) in [6.07, 6.45) is 0. The second-order valence-electron chi connectivity index (χ2n) is 6.01. The van der Waals surface area contributed by atoms with Crippen LogP contribution in [0.25, 0.3) is 10.8 Å². The van der Waals surface area contributed by atoms with Crippen molar-refractivity contribution in [1.82, 2.24) is 5.32 Å². The SMILES string of the molecule is CC(C)C(C)(NC(=O)COc1ccc2ccccc2c1)C(=O)O. The lowest BCUT2D eigenvalue weighted by Gasteiger charge is -2.30. The maximum atomic E-state index is 12.0. The van der Waals surface area contributed by atoms with E-state index in [1.807, 2.05) is 36.4 Å². The molecule has 0 aliphatic heterocycles. The molecule has 0 aliphatic carbocycles. The lowest BCUT2D eigenvalue weighted by Crippen LogP contribution is -2.56. The highest BCUT2D eigenvalue weighted by molar-refractivity contribution is 5.88. The molecule has 0 radical (unpaired) electrons. The highest BCUT2D eigenvalue weighted by atomic mass is 16.5. The smallest absolute Gasteiger partial charge is 0.329 e. The summed E-state index contributed by atoms with van der Waals surface area (Å²) in [6, 6.07) is 13.4. The Bertz CT molecular complexity index is 726. The Morgan fingerprint density at radius 2 is 1.83 bits per heavy atom. The van der Waals surface area contributed by atoms with E-state index in [1.165, 1.54) is 6.92 Å². The summed E-state index contributed by atoms with van der Waals surface area (Å²) in [7, 11) is 0. The first kappa shape index (κ1) is 16.8. The molecule has 2 N–H and O–H groups in total. The summed E-state index contributed by atoms with van der Waals surface area (Å²) in [5.74, 6) is -1.20. The number of nitrogens with one attached hydrogen (secondary N) is 1. The molecule has 122 valence electrons. The van der Waals surface area contributed by atoms with E-state index in [0.29, 0.717) is 5.75 Å². The molecule has 2 aromatic rings. The van der Waals surface area contributed by atoms with Gasteiger partial charge in [0.2, 0.25) is 0 Å². The number of fused-ring (bicyclic) bond motifs is 1. The predicted octanol–water partition coefficient (Wildman–Crippen LogP) is 2.83. The van der Waals surface area contributed by atoms with Crippen LogP contribution in [0.3, 0.4) is 0 Å². The van der Waals surface area contributed by atoms with Gasteiger partial charge in [-0.05, 0) is 35.7 Å². The number of ether oxygens (including phenoxy) is 1. The van der Waals surface area contributed by atoms with Crippen molar-refractivity contribution < 1.29 is 19.4 Å². The van der Waals surface area contributed by atoms with Crippen LogP contribution in [-0.2, 0) is 9.59 Å². The van der Waals surface area contributed by atoms with Crippen LogP contribution in [0.4, 0.5) is 0 Å². The van der Waals surface area contributed by atoms with Crippen LogP contribution in [0.15, 0.2) is 42.5 Å². The monoisotopic (exact) mass is 315 g/mol. The summed E-state index contributed by atoms with van der Waals surface area (Å²) >= 11 is 0. The number of hydrogen-bond acceptors (Lipinski definition) is 3. The van der Waals surface area contributed by atoms with Crippen molar-refractivity contribution in [2.75, 3.05) is 6.61 Å². The maximum absolute atomic E-state index is 12.0. The van der Waals surface area contributed by atoms with Gasteiger partial charge in [-0.2, -0.15) is 0 Å². The molecule has 0 fully saturated rings. The first-order valence-corrected chi connectivity index (χ1v) is 7.49. The van der Waals surface area contributed by atoms with Gasteiger partial charge in [-0.1, -0.05) is 44.2 Å². The van der Waals surface area contributed by atoms with Gasteiger partial charge in [0.25, 0.3) is 5.91 Å². The molecular formula is C18H21NO4. The van der Waals surface area contributed by atoms with Crippen LogP contribution >= 0.6 is 0 Å². The van der Waals surface area contributed by atoms with E-state index in [-0.39, 0.29) is 12.5 Å². The lowest BCUT2D eigenvalue weighted by molar-refractivity contribution is -0.149. The minimum absolute atomic E-state index is 0.228. The molecule has 0 saturated heterocycles. The van der Waals surface area contributed by atoms with E-state index in [9.17, 15) is 14.7 Å². The van der Waals surface area contributed by atoms with Crippen LogP contribution in [0, 0.1) is 5.92 Å². The minimum atomic E-state index is -1.32. The topological polar surface area (TPSA) is 75.6 Å². The molecule has 0 spiro atoms. The molecule has 0 heterocycles. The molecule has 0 aliphatic rings. The number of benzene rings is 2. The average molecular weight is 315 g/mol. The van der Waals surface area contributed by atoms with Crippen molar-refractivity contribution in [3.63, 3.8) is 0 Å². The molecule has 23 heavy (non-hydrogen) atoms. The van der Waals surface area contributed by atoms with Gasteiger partial charge in [0.1, 0.15) is 11.3 Å². The van der Waals surface area contributed by atoms with Crippen molar-refractivity contribution in [3.8, 4) is 5.75 Å². The van der Waals surface area contributed by atoms with Crippen molar-refractivity contribution in [1.29, 1.82) is 0 Å². The van der Waals surface area contributed by atoms with Crippen molar-refractivity contribution in [2.45, 2.75) is 26.3 Å². The highest BCUT2D eigenvalue weighted by Crippen LogP contribution is 2.21. The normalized spacial score (nSPS) is 13.6. The molecule has 2 aromatic carbocycles. The van der Waals surface area contributed by atoms with Crippen molar-refractivity contribution >= 4 is 22.6 Å².